The maximum Gasteiger partial charge on any atom is 0.138 e. The molecule has 0 aliphatic carbocycles. The highest BCUT2D eigenvalue weighted by molar-refractivity contribution is 5.38. The summed E-state index contributed by atoms with van der Waals surface area (Å²) >= 11 is 0. The number of nitrogens with zero attached hydrogens (tertiary/aromatic N) is 1. The molecule has 0 fully saturated rings. The fraction of sp³-hybridized carbons (Fsp3) is 0.529. The van der Waals surface area contributed by atoms with Crippen LogP contribution in [0.1, 0.15) is 37.8 Å². The number of hydrogen-bond acceptors (Lipinski definition) is 3. The van der Waals surface area contributed by atoms with E-state index in [1.54, 1.807) is 12.1 Å². The van der Waals surface area contributed by atoms with Gasteiger partial charge >= 0.3 is 0 Å². The first-order chi connectivity index (χ1) is 10.2. The average Bonchev–Trinajstić information content (AvgIpc) is 2.49. The molecule has 0 amide bonds. The van der Waals surface area contributed by atoms with Crippen LogP contribution in [0.4, 0.5) is 4.39 Å². The predicted octanol–water partition coefficient (Wildman–Crippen LogP) is 2.15. The van der Waals surface area contributed by atoms with Crippen molar-refractivity contribution in [2.24, 2.45) is 0 Å². The monoisotopic (exact) mass is 293 g/mol. The summed E-state index contributed by atoms with van der Waals surface area (Å²) in [5, 5.41) is 17.9. The molecule has 21 heavy (non-hydrogen) atoms. The van der Waals surface area contributed by atoms with Crippen molar-refractivity contribution in [3.8, 4) is 11.8 Å². The fourth-order valence-corrected chi connectivity index (χ4v) is 2.46. The summed E-state index contributed by atoms with van der Waals surface area (Å²) in [5.74, 6) is 4.71. The first kappa shape index (κ1) is 17.6. The molecule has 0 saturated carbocycles. The van der Waals surface area contributed by atoms with Gasteiger partial charge in [-0.15, -0.1) is 0 Å². The van der Waals surface area contributed by atoms with E-state index in [1.807, 2.05) is 0 Å². The molecule has 0 aliphatic heterocycles. The van der Waals surface area contributed by atoms with E-state index in [0.29, 0.717) is 24.7 Å². The lowest BCUT2D eigenvalue weighted by Gasteiger charge is -2.29. The maximum absolute atomic E-state index is 13.6. The molecule has 1 rings (SSSR count). The highest BCUT2D eigenvalue weighted by atomic mass is 19.1. The Morgan fingerprint density at radius 2 is 1.95 bits per heavy atom. The Kier molecular flexibility index (Phi) is 7.99. The Morgan fingerprint density at radius 3 is 2.52 bits per heavy atom. The Balaban J connectivity index is 2.93. The Labute approximate surface area is 126 Å². The van der Waals surface area contributed by atoms with Crippen LogP contribution in [0.25, 0.3) is 0 Å². The summed E-state index contributed by atoms with van der Waals surface area (Å²) in [6, 6.07) is 5.26. The van der Waals surface area contributed by atoms with Crippen molar-refractivity contribution in [3.05, 3.63) is 35.1 Å². The summed E-state index contributed by atoms with van der Waals surface area (Å²) in [5.41, 5.74) is 1.26. The van der Waals surface area contributed by atoms with Gasteiger partial charge in [0.1, 0.15) is 12.4 Å². The zero-order chi connectivity index (χ0) is 15.7. The van der Waals surface area contributed by atoms with Gasteiger partial charge in [0.05, 0.1) is 12.2 Å². The number of aliphatic hydroxyl groups is 2. The summed E-state index contributed by atoms with van der Waals surface area (Å²) in [7, 11) is 0. The zero-order valence-corrected chi connectivity index (χ0v) is 12.8. The molecule has 2 N–H and O–H groups in total. The van der Waals surface area contributed by atoms with Crippen LogP contribution in [0.3, 0.4) is 0 Å². The fourth-order valence-electron chi connectivity index (χ4n) is 2.46. The third-order valence-corrected chi connectivity index (χ3v) is 3.56. The van der Waals surface area contributed by atoms with E-state index in [2.05, 4.69) is 30.6 Å². The van der Waals surface area contributed by atoms with Crippen molar-refractivity contribution in [2.45, 2.75) is 39.3 Å². The molecule has 0 aliphatic rings. The average molecular weight is 293 g/mol. The van der Waals surface area contributed by atoms with Gasteiger partial charge in [0.2, 0.25) is 0 Å². The zero-order valence-electron chi connectivity index (χ0n) is 12.8. The lowest BCUT2D eigenvalue weighted by molar-refractivity contribution is 0.136. The molecule has 116 valence electrons. The number of rotatable bonds is 7. The molecule has 0 saturated heterocycles. The molecule has 4 heteroatoms. The minimum Gasteiger partial charge on any atom is -0.395 e. The van der Waals surface area contributed by atoms with Gasteiger partial charge in [-0.25, -0.2) is 4.39 Å². The first-order valence-corrected chi connectivity index (χ1v) is 7.39. The van der Waals surface area contributed by atoms with E-state index in [1.165, 1.54) is 6.07 Å². The van der Waals surface area contributed by atoms with Crippen molar-refractivity contribution >= 4 is 0 Å². The van der Waals surface area contributed by atoms with Gasteiger partial charge in [0.15, 0.2) is 0 Å². The summed E-state index contributed by atoms with van der Waals surface area (Å²) in [4.78, 5) is 2.20. The Hall–Kier alpha value is -1.41. The van der Waals surface area contributed by atoms with Crippen molar-refractivity contribution in [2.75, 3.05) is 19.8 Å². The van der Waals surface area contributed by atoms with Crippen LogP contribution in [-0.4, -0.2) is 40.9 Å². The van der Waals surface area contributed by atoms with Crippen LogP contribution in [0, 0.1) is 17.7 Å². The van der Waals surface area contributed by atoms with Crippen molar-refractivity contribution in [3.63, 3.8) is 0 Å². The SMILES string of the molecule is CCC(CC)N(CCO)Cc1ccc(F)c(C#CCO)c1. The molecule has 0 aromatic heterocycles. The Morgan fingerprint density at radius 1 is 1.24 bits per heavy atom. The van der Waals surface area contributed by atoms with Crippen LogP contribution in [0.2, 0.25) is 0 Å². The topological polar surface area (TPSA) is 43.7 Å². The molecule has 1 aromatic carbocycles. The minimum absolute atomic E-state index is 0.106. The molecule has 0 unspecified atom stereocenters. The van der Waals surface area contributed by atoms with Crippen molar-refractivity contribution < 1.29 is 14.6 Å². The van der Waals surface area contributed by atoms with E-state index in [9.17, 15) is 9.50 Å². The smallest absolute Gasteiger partial charge is 0.138 e. The van der Waals surface area contributed by atoms with Crippen LogP contribution < -0.4 is 0 Å². The number of benzene rings is 1. The van der Waals surface area contributed by atoms with Crippen molar-refractivity contribution in [1.82, 2.24) is 4.90 Å². The molecule has 0 atom stereocenters. The first-order valence-electron chi connectivity index (χ1n) is 7.39. The lowest BCUT2D eigenvalue weighted by Crippen LogP contribution is -2.36. The molecule has 1 aromatic rings. The Bertz CT molecular complexity index is 489. The minimum atomic E-state index is -0.379. The van der Waals surface area contributed by atoms with E-state index < -0.39 is 0 Å². The van der Waals surface area contributed by atoms with Crippen LogP contribution in [0.5, 0.6) is 0 Å². The van der Waals surface area contributed by atoms with E-state index >= 15 is 0 Å². The largest absolute Gasteiger partial charge is 0.395 e. The molecule has 0 bridgehead atoms. The second-order valence-electron chi connectivity index (χ2n) is 4.94. The molecule has 0 heterocycles. The maximum atomic E-state index is 13.6. The summed E-state index contributed by atoms with van der Waals surface area (Å²) < 4.78 is 13.6. The lowest BCUT2D eigenvalue weighted by atomic mass is 10.1. The predicted molar refractivity (Wildman–Crippen MR) is 82.2 cm³/mol. The van der Waals surface area contributed by atoms with Crippen LogP contribution in [0.15, 0.2) is 18.2 Å². The van der Waals surface area contributed by atoms with Crippen molar-refractivity contribution in [1.29, 1.82) is 0 Å². The highest BCUT2D eigenvalue weighted by Crippen LogP contribution is 2.16. The van der Waals surface area contributed by atoms with Gasteiger partial charge < -0.3 is 10.2 Å². The summed E-state index contributed by atoms with van der Waals surface area (Å²) in [6.07, 6.45) is 2.02. The van der Waals surface area contributed by atoms with Crippen LogP contribution >= 0.6 is 0 Å². The molecular weight excluding hydrogens is 269 g/mol. The third kappa shape index (κ3) is 5.47. The number of aliphatic hydroxyl groups excluding tert-OH is 2. The highest BCUT2D eigenvalue weighted by Gasteiger charge is 2.15. The molecule has 3 nitrogen and oxygen atoms in total. The van der Waals surface area contributed by atoms with E-state index in [4.69, 9.17) is 5.11 Å². The van der Waals surface area contributed by atoms with Gasteiger partial charge in [-0.3, -0.25) is 4.90 Å². The normalized spacial score (nSPS) is 10.8. The standard InChI is InChI=1S/C17H24FNO2/c1-3-16(4-2)19(9-11-21)13-14-7-8-17(18)15(12-14)6-5-10-20/h7-8,12,16,20-21H,3-4,9-11,13H2,1-2H3. The van der Waals surface area contributed by atoms with Gasteiger partial charge in [0.25, 0.3) is 0 Å². The van der Waals surface area contributed by atoms with Gasteiger partial charge in [-0.05, 0) is 30.5 Å². The van der Waals surface area contributed by atoms with E-state index in [-0.39, 0.29) is 19.0 Å². The molecular formula is C17H24FNO2. The van der Waals surface area contributed by atoms with Gasteiger partial charge in [-0.2, -0.15) is 0 Å². The second-order valence-corrected chi connectivity index (χ2v) is 4.94. The number of halogens is 1. The molecule has 0 spiro atoms. The quantitative estimate of drug-likeness (QED) is 0.757. The van der Waals surface area contributed by atoms with E-state index in [0.717, 1.165) is 18.4 Å². The molecule has 0 radical (unpaired) electrons. The third-order valence-electron chi connectivity index (χ3n) is 3.56. The van der Waals surface area contributed by atoms with Crippen LogP contribution in [-0.2, 0) is 6.54 Å². The summed E-state index contributed by atoms with van der Waals surface area (Å²) in [6.45, 7) is 5.33. The number of hydrogen-bond donors (Lipinski definition) is 2. The van der Waals surface area contributed by atoms with Gasteiger partial charge in [0, 0.05) is 19.1 Å². The van der Waals surface area contributed by atoms with Gasteiger partial charge in [-0.1, -0.05) is 31.8 Å². The second kappa shape index (κ2) is 9.51.